The monoisotopic (exact) mass is 471 g/mol. The maximum Gasteiger partial charge on any atom is 0.239 e. The molecule has 162 valence electrons. The summed E-state index contributed by atoms with van der Waals surface area (Å²) in [6.45, 7) is 7.11. The van der Waals surface area contributed by atoms with Crippen molar-refractivity contribution in [3.05, 3.63) is 54.1 Å². The Morgan fingerprint density at radius 3 is 2.40 bits per heavy atom. The second-order valence-electron chi connectivity index (χ2n) is 6.40. The third-order valence-electron chi connectivity index (χ3n) is 4.60. The Kier molecular flexibility index (Phi) is 9.48. The molecular weight excluding hydrogens is 448 g/mol. The first-order chi connectivity index (χ1) is 14.0. The van der Waals surface area contributed by atoms with E-state index in [4.69, 9.17) is 0 Å². The molecule has 30 heavy (non-hydrogen) atoms. The Bertz CT molecular complexity index is 965. The van der Waals surface area contributed by atoms with Crippen LogP contribution in [0.5, 0.6) is 0 Å². The van der Waals surface area contributed by atoms with Gasteiger partial charge >= 0.3 is 0 Å². The van der Waals surface area contributed by atoms with Crippen molar-refractivity contribution in [2.24, 2.45) is 0 Å². The summed E-state index contributed by atoms with van der Waals surface area (Å²) < 4.78 is 27.9. The first kappa shape index (κ1) is 24.5. The Balaban J connectivity index is 0.00000320. The second-order valence-corrected chi connectivity index (χ2v) is 8.46. The second kappa shape index (κ2) is 11.6. The largest absolute Gasteiger partial charge is 0.302 e. The Morgan fingerprint density at radius 1 is 1.07 bits per heavy atom. The summed E-state index contributed by atoms with van der Waals surface area (Å²) in [5.74, 6) is -0.603. The molecule has 0 aliphatic rings. The molecule has 1 amide bonds. The molecule has 2 aromatic carbocycles. The number of rotatable bonds is 9. The maximum absolute atomic E-state index is 14.1. The summed E-state index contributed by atoms with van der Waals surface area (Å²) in [5.41, 5.74) is 0.291. The fourth-order valence-corrected chi connectivity index (χ4v) is 4.68. The molecule has 0 fully saturated rings. The maximum atomic E-state index is 14.1. The normalized spacial score (nSPS) is 11.0. The topological polar surface area (TPSA) is 36.4 Å². The number of hydrogen-bond acceptors (Lipinski definition) is 5. The van der Waals surface area contributed by atoms with Gasteiger partial charge in [-0.2, -0.15) is 0 Å². The summed E-state index contributed by atoms with van der Waals surface area (Å²) >= 11 is 2.66. The van der Waals surface area contributed by atoms with Gasteiger partial charge in [0.1, 0.15) is 17.2 Å². The number of thiazole rings is 1. The number of para-hydroxylation sites is 1. The van der Waals surface area contributed by atoms with Gasteiger partial charge < -0.3 is 4.90 Å². The first-order valence-electron chi connectivity index (χ1n) is 9.48. The number of carbonyl (C=O) groups is 1. The molecule has 3 rings (SSSR count). The molecule has 0 atom stereocenters. The molecule has 1 heterocycles. The molecule has 0 saturated carbocycles. The molecule has 0 spiro atoms. The minimum Gasteiger partial charge on any atom is -0.302 e. The predicted octanol–water partition coefficient (Wildman–Crippen LogP) is 5.46. The highest BCUT2D eigenvalue weighted by molar-refractivity contribution is 8.00. The molecule has 4 nitrogen and oxygen atoms in total. The Morgan fingerprint density at radius 2 is 1.77 bits per heavy atom. The van der Waals surface area contributed by atoms with Gasteiger partial charge in [-0.15, -0.1) is 24.2 Å². The fraction of sp³-hybridized carbons (Fsp3) is 0.333. The molecule has 0 aliphatic heterocycles. The lowest BCUT2D eigenvalue weighted by molar-refractivity contribution is -0.116. The number of nitrogens with zero attached hydrogens (tertiary/aromatic N) is 3. The number of hydrogen-bond donors (Lipinski definition) is 0. The summed E-state index contributed by atoms with van der Waals surface area (Å²) in [6.07, 6.45) is 0. The van der Waals surface area contributed by atoms with E-state index in [2.05, 4.69) is 23.7 Å². The van der Waals surface area contributed by atoms with E-state index in [0.29, 0.717) is 28.4 Å². The summed E-state index contributed by atoms with van der Waals surface area (Å²) in [4.78, 5) is 22.1. The number of halogens is 3. The molecule has 3 aromatic rings. The van der Waals surface area contributed by atoms with Crippen molar-refractivity contribution in [2.75, 3.05) is 36.8 Å². The van der Waals surface area contributed by atoms with Crippen molar-refractivity contribution in [1.82, 2.24) is 9.88 Å². The van der Waals surface area contributed by atoms with Gasteiger partial charge in [0.25, 0.3) is 0 Å². The van der Waals surface area contributed by atoms with E-state index in [-0.39, 0.29) is 35.7 Å². The van der Waals surface area contributed by atoms with E-state index in [9.17, 15) is 13.6 Å². The zero-order chi connectivity index (χ0) is 20.8. The predicted molar refractivity (Wildman–Crippen MR) is 124 cm³/mol. The quantitative estimate of drug-likeness (QED) is 0.388. The van der Waals surface area contributed by atoms with Crippen LogP contribution in [0.1, 0.15) is 13.8 Å². The van der Waals surface area contributed by atoms with Gasteiger partial charge in [0.05, 0.1) is 10.5 Å². The molecule has 0 aliphatic carbocycles. The van der Waals surface area contributed by atoms with Crippen LogP contribution in [0.15, 0.2) is 47.4 Å². The molecule has 0 unspecified atom stereocenters. The van der Waals surface area contributed by atoms with Crippen molar-refractivity contribution in [1.29, 1.82) is 0 Å². The van der Waals surface area contributed by atoms with Crippen LogP contribution in [0.25, 0.3) is 10.2 Å². The van der Waals surface area contributed by atoms with Gasteiger partial charge in [-0.05, 0) is 49.5 Å². The first-order valence-corrected chi connectivity index (χ1v) is 11.3. The van der Waals surface area contributed by atoms with E-state index < -0.39 is 0 Å². The molecule has 9 heteroatoms. The summed E-state index contributed by atoms with van der Waals surface area (Å²) in [5, 5.41) is 0.502. The number of fused-ring (bicyclic) bond motifs is 1. The minimum absolute atomic E-state index is 0. The number of likely N-dealkylation sites (N-methyl/N-ethyl adjacent to an activating group) is 1. The third kappa shape index (κ3) is 6.14. The highest BCUT2D eigenvalue weighted by Gasteiger charge is 2.21. The van der Waals surface area contributed by atoms with E-state index in [0.717, 1.165) is 18.0 Å². The smallest absolute Gasteiger partial charge is 0.239 e. The van der Waals surface area contributed by atoms with E-state index in [1.807, 2.05) is 0 Å². The van der Waals surface area contributed by atoms with Gasteiger partial charge in [-0.25, -0.2) is 13.8 Å². The van der Waals surface area contributed by atoms with Gasteiger partial charge in [0.2, 0.25) is 5.91 Å². The number of anilines is 1. The molecule has 0 radical (unpaired) electrons. The minimum atomic E-state index is -0.387. The van der Waals surface area contributed by atoms with Crippen molar-refractivity contribution in [3.63, 3.8) is 0 Å². The number of aromatic nitrogens is 1. The van der Waals surface area contributed by atoms with E-state index >= 15 is 0 Å². The van der Waals surface area contributed by atoms with Crippen molar-refractivity contribution in [2.45, 2.75) is 18.7 Å². The highest BCUT2D eigenvalue weighted by Crippen LogP contribution is 2.31. The van der Waals surface area contributed by atoms with Gasteiger partial charge in [-0.1, -0.05) is 31.3 Å². The van der Waals surface area contributed by atoms with E-state index in [1.54, 1.807) is 29.2 Å². The average molecular weight is 472 g/mol. The lowest BCUT2D eigenvalue weighted by atomic mass is 10.3. The lowest BCUT2D eigenvalue weighted by Crippen LogP contribution is -2.39. The van der Waals surface area contributed by atoms with Gasteiger partial charge in [-0.3, -0.25) is 9.69 Å². The highest BCUT2D eigenvalue weighted by atomic mass is 35.5. The van der Waals surface area contributed by atoms with Gasteiger partial charge in [0.15, 0.2) is 5.13 Å². The third-order valence-corrected chi connectivity index (χ3v) is 6.64. The average Bonchev–Trinajstić information content (AvgIpc) is 3.16. The number of carbonyl (C=O) groups excluding carboxylic acids is 1. The molecule has 0 bridgehead atoms. The molecule has 0 saturated heterocycles. The van der Waals surface area contributed by atoms with Crippen LogP contribution in [0.2, 0.25) is 0 Å². The van der Waals surface area contributed by atoms with Crippen LogP contribution < -0.4 is 4.90 Å². The van der Waals surface area contributed by atoms with Crippen molar-refractivity contribution in [3.8, 4) is 0 Å². The molecule has 0 N–H and O–H groups in total. The zero-order valence-electron chi connectivity index (χ0n) is 16.8. The van der Waals surface area contributed by atoms with Crippen LogP contribution in [-0.2, 0) is 4.79 Å². The standard InChI is InChI=1S/C21H23F2N3OS2.ClH/c1-3-25(4-2)12-13-26(19(27)14-28-16-10-8-15(22)9-11-16)21-24-20-17(23)6-5-7-18(20)29-21;/h5-11H,3-4,12-14H2,1-2H3;1H. The SMILES string of the molecule is CCN(CC)CCN(C(=O)CSc1ccc(F)cc1)c1nc2c(F)cccc2s1.Cl. The van der Waals surface area contributed by atoms with Crippen LogP contribution in [-0.4, -0.2) is 47.7 Å². The molecule has 1 aromatic heterocycles. The lowest BCUT2D eigenvalue weighted by Gasteiger charge is -2.24. The Hall–Kier alpha value is -1.74. The van der Waals surface area contributed by atoms with Gasteiger partial charge in [0, 0.05) is 18.0 Å². The molecular formula is C21H24ClF2N3OS2. The van der Waals surface area contributed by atoms with Crippen molar-refractivity contribution >= 4 is 56.8 Å². The van der Waals surface area contributed by atoms with Crippen molar-refractivity contribution < 1.29 is 13.6 Å². The Labute approximate surface area is 189 Å². The number of benzene rings is 2. The number of amides is 1. The zero-order valence-corrected chi connectivity index (χ0v) is 19.3. The van der Waals surface area contributed by atoms with Crippen LogP contribution in [0, 0.1) is 11.6 Å². The number of thioether (sulfide) groups is 1. The van der Waals surface area contributed by atoms with Crippen LogP contribution >= 0.6 is 35.5 Å². The van der Waals surface area contributed by atoms with Crippen LogP contribution in [0.4, 0.5) is 13.9 Å². The fourth-order valence-electron chi connectivity index (χ4n) is 2.88. The summed E-state index contributed by atoms with van der Waals surface area (Å²) in [7, 11) is 0. The van der Waals surface area contributed by atoms with E-state index in [1.165, 1.54) is 41.3 Å². The van der Waals surface area contributed by atoms with Crippen LogP contribution in [0.3, 0.4) is 0 Å². The summed E-state index contributed by atoms with van der Waals surface area (Å²) in [6, 6.07) is 10.9.